The minimum Gasteiger partial charge on any atom is -0.450 e. The van der Waals surface area contributed by atoms with Gasteiger partial charge in [0.05, 0.1) is 22.7 Å². The number of fused-ring (bicyclic) bond motifs is 1. The molecule has 2 aromatic rings. The summed E-state index contributed by atoms with van der Waals surface area (Å²) in [6.45, 7) is 1.52. The Bertz CT molecular complexity index is 787. The van der Waals surface area contributed by atoms with Gasteiger partial charge >= 0.3 is 12.3 Å². The highest BCUT2D eigenvalue weighted by Gasteiger charge is 2.42. The van der Waals surface area contributed by atoms with Crippen LogP contribution in [0, 0.1) is 0 Å². The standard InChI is InChI=1S/C13H9Cl2F3N2O3/c1-2-23-12(22)20-11-9(10(21)13(16,17)18)8-6(15)3-5(14)4-7(8)19-11/h3-4,19H,2H2,1H3,(H,20,22). The van der Waals surface area contributed by atoms with Crippen molar-refractivity contribution in [2.75, 3.05) is 11.9 Å². The van der Waals surface area contributed by atoms with Crippen molar-refractivity contribution in [2.24, 2.45) is 0 Å². The van der Waals surface area contributed by atoms with Crippen LogP contribution in [0.5, 0.6) is 0 Å². The minimum absolute atomic E-state index is 0.00119. The van der Waals surface area contributed by atoms with Gasteiger partial charge in [0.2, 0.25) is 0 Å². The number of amides is 1. The van der Waals surface area contributed by atoms with Crippen LogP contribution in [0.1, 0.15) is 17.3 Å². The van der Waals surface area contributed by atoms with Gasteiger partial charge in [0.25, 0.3) is 5.78 Å². The Kier molecular flexibility index (Phi) is 4.76. The largest absolute Gasteiger partial charge is 0.455 e. The number of nitrogens with one attached hydrogen (secondary N) is 2. The second-order valence-electron chi connectivity index (χ2n) is 4.36. The molecule has 1 aromatic heterocycles. The summed E-state index contributed by atoms with van der Waals surface area (Å²) in [7, 11) is 0. The zero-order valence-corrected chi connectivity index (χ0v) is 13.0. The Morgan fingerprint density at radius 3 is 2.52 bits per heavy atom. The molecule has 0 fully saturated rings. The quantitative estimate of drug-likeness (QED) is 0.765. The van der Waals surface area contributed by atoms with Gasteiger partial charge in [-0.05, 0) is 19.1 Å². The monoisotopic (exact) mass is 368 g/mol. The fraction of sp³-hybridized carbons (Fsp3) is 0.231. The molecule has 1 aromatic carbocycles. The molecule has 0 spiro atoms. The molecule has 2 N–H and O–H groups in total. The van der Waals surface area contributed by atoms with E-state index in [1.54, 1.807) is 0 Å². The van der Waals surface area contributed by atoms with E-state index in [0.717, 1.165) is 0 Å². The lowest BCUT2D eigenvalue weighted by Gasteiger charge is -2.08. The maximum Gasteiger partial charge on any atom is 0.455 e. The number of anilines is 1. The first-order valence-corrected chi connectivity index (χ1v) is 6.96. The Morgan fingerprint density at radius 2 is 1.96 bits per heavy atom. The molecule has 0 unspecified atom stereocenters. The second-order valence-corrected chi connectivity index (χ2v) is 5.20. The van der Waals surface area contributed by atoms with Gasteiger partial charge in [-0.15, -0.1) is 0 Å². The predicted octanol–water partition coefficient (Wildman–Crippen LogP) is 4.79. The highest BCUT2D eigenvalue weighted by atomic mass is 35.5. The highest BCUT2D eigenvalue weighted by molar-refractivity contribution is 6.40. The lowest BCUT2D eigenvalue weighted by Crippen LogP contribution is -2.24. The predicted molar refractivity (Wildman–Crippen MR) is 79.3 cm³/mol. The second kappa shape index (κ2) is 6.29. The molecule has 1 heterocycles. The maximum atomic E-state index is 12.8. The first-order valence-electron chi connectivity index (χ1n) is 6.21. The number of benzene rings is 1. The van der Waals surface area contributed by atoms with Crippen LogP contribution in [-0.4, -0.2) is 29.6 Å². The van der Waals surface area contributed by atoms with Crippen LogP contribution in [0.2, 0.25) is 10.0 Å². The van der Waals surface area contributed by atoms with Crippen molar-refractivity contribution < 1.29 is 27.5 Å². The molecule has 0 saturated carbocycles. The summed E-state index contributed by atoms with van der Waals surface area (Å²) < 4.78 is 43.1. The summed E-state index contributed by atoms with van der Waals surface area (Å²) in [5, 5.41) is 1.86. The maximum absolute atomic E-state index is 12.8. The van der Waals surface area contributed by atoms with Crippen molar-refractivity contribution in [1.29, 1.82) is 0 Å². The van der Waals surface area contributed by atoms with Crippen LogP contribution >= 0.6 is 23.2 Å². The van der Waals surface area contributed by atoms with E-state index >= 15 is 0 Å². The zero-order chi connectivity index (χ0) is 17.4. The van der Waals surface area contributed by atoms with Gasteiger partial charge in [0.15, 0.2) is 0 Å². The molecule has 0 aliphatic carbocycles. The average Bonchev–Trinajstić information content (AvgIpc) is 2.74. The Morgan fingerprint density at radius 1 is 1.30 bits per heavy atom. The van der Waals surface area contributed by atoms with Crippen molar-refractivity contribution in [1.82, 2.24) is 4.98 Å². The normalized spacial score (nSPS) is 11.6. The van der Waals surface area contributed by atoms with Crippen molar-refractivity contribution in [3.05, 3.63) is 27.7 Å². The van der Waals surface area contributed by atoms with E-state index in [-0.39, 0.29) is 27.6 Å². The number of H-pyrrole nitrogens is 1. The molecule has 0 aliphatic rings. The number of hydrogen-bond donors (Lipinski definition) is 2. The van der Waals surface area contributed by atoms with Crippen molar-refractivity contribution in [3.8, 4) is 0 Å². The molecular weight excluding hydrogens is 360 g/mol. The van der Waals surface area contributed by atoms with Crippen LogP contribution in [0.4, 0.5) is 23.8 Å². The van der Waals surface area contributed by atoms with Gasteiger partial charge < -0.3 is 9.72 Å². The summed E-state index contributed by atoms with van der Waals surface area (Å²) in [6, 6.07) is 2.48. The van der Waals surface area contributed by atoms with Crippen LogP contribution in [0.3, 0.4) is 0 Å². The molecule has 10 heteroatoms. The highest BCUT2D eigenvalue weighted by Crippen LogP contribution is 2.37. The van der Waals surface area contributed by atoms with E-state index < -0.39 is 29.4 Å². The number of carbonyl (C=O) groups excluding carboxylic acids is 2. The van der Waals surface area contributed by atoms with Crippen LogP contribution < -0.4 is 5.32 Å². The molecule has 0 radical (unpaired) electrons. The smallest absolute Gasteiger partial charge is 0.450 e. The third-order valence-corrected chi connectivity index (χ3v) is 3.32. The topological polar surface area (TPSA) is 71.2 Å². The van der Waals surface area contributed by atoms with Gasteiger partial charge in [-0.3, -0.25) is 10.1 Å². The zero-order valence-electron chi connectivity index (χ0n) is 11.5. The molecular formula is C13H9Cl2F3N2O3. The number of ether oxygens (including phenoxy) is 1. The van der Waals surface area contributed by atoms with Crippen LogP contribution in [0.15, 0.2) is 12.1 Å². The molecule has 0 saturated heterocycles. The Labute approximate surface area is 137 Å². The molecule has 0 aliphatic heterocycles. The third kappa shape index (κ3) is 3.53. The fourth-order valence-corrected chi connectivity index (χ4v) is 2.57. The van der Waals surface area contributed by atoms with E-state index in [4.69, 9.17) is 23.2 Å². The van der Waals surface area contributed by atoms with E-state index in [9.17, 15) is 22.8 Å². The number of halogens is 5. The lowest BCUT2D eigenvalue weighted by molar-refractivity contribution is -0.0883. The summed E-state index contributed by atoms with van der Waals surface area (Å²) in [6.07, 6.45) is -6.17. The number of Topliss-reactive ketones (excluding diaryl/α,β-unsaturated/α-hetero) is 1. The number of ketones is 1. The number of rotatable bonds is 3. The summed E-state index contributed by atoms with van der Waals surface area (Å²) in [5.74, 6) is -2.62. The average molecular weight is 369 g/mol. The number of alkyl halides is 3. The fourth-order valence-electron chi connectivity index (χ4n) is 1.98. The van der Waals surface area contributed by atoms with Crippen molar-refractivity contribution in [2.45, 2.75) is 13.1 Å². The Hall–Kier alpha value is -1.93. The lowest BCUT2D eigenvalue weighted by atomic mass is 10.1. The molecule has 0 atom stereocenters. The number of carbonyl (C=O) groups is 2. The van der Waals surface area contributed by atoms with E-state index in [0.29, 0.717) is 0 Å². The Balaban J connectivity index is 2.68. The van der Waals surface area contributed by atoms with Gasteiger partial charge in [-0.1, -0.05) is 23.2 Å². The third-order valence-electron chi connectivity index (χ3n) is 2.80. The molecule has 2 rings (SSSR count). The summed E-state index contributed by atoms with van der Waals surface area (Å²) in [4.78, 5) is 25.7. The SMILES string of the molecule is CCOC(=O)Nc1[nH]c2cc(Cl)cc(Cl)c2c1C(=O)C(F)(F)F. The van der Waals surface area contributed by atoms with Crippen LogP contribution in [-0.2, 0) is 4.74 Å². The summed E-state index contributed by atoms with van der Waals surface area (Å²) >= 11 is 11.7. The first kappa shape index (κ1) is 17.4. The van der Waals surface area contributed by atoms with E-state index in [1.807, 2.05) is 0 Å². The molecule has 124 valence electrons. The van der Waals surface area contributed by atoms with Gasteiger partial charge in [0.1, 0.15) is 5.82 Å². The van der Waals surface area contributed by atoms with E-state index in [2.05, 4.69) is 15.0 Å². The van der Waals surface area contributed by atoms with Crippen LogP contribution in [0.25, 0.3) is 10.9 Å². The molecule has 5 nitrogen and oxygen atoms in total. The molecule has 23 heavy (non-hydrogen) atoms. The number of aromatic amines is 1. The van der Waals surface area contributed by atoms with Gasteiger partial charge in [0, 0.05) is 10.4 Å². The van der Waals surface area contributed by atoms with Gasteiger partial charge in [-0.25, -0.2) is 4.79 Å². The van der Waals surface area contributed by atoms with Crippen molar-refractivity contribution in [3.63, 3.8) is 0 Å². The summed E-state index contributed by atoms with van der Waals surface area (Å²) in [5.41, 5.74) is -0.732. The first-order chi connectivity index (χ1) is 10.6. The van der Waals surface area contributed by atoms with E-state index in [1.165, 1.54) is 19.1 Å². The minimum atomic E-state index is -5.15. The van der Waals surface area contributed by atoms with Gasteiger partial charge in [-0.2, -0.15) is 13.2 Å². The van der Waals surface area contributed by atoms with Crippen molar-refractivity contribution >= 4 is 51.8 Å². The molecule has 1 amide bonds. The molecule has 0 bridgehead atoms. The number of aromatic nitrogens is 1. The number of hydrogen-bond acceptors (Lipinski definition) is 3.